The maximum Gasteiger partial charge on any atom is 0.306 e. The first-order valence-electron chi connectivity index (χ1n) is 3.76. The molecule has 0 saturated heterocycles. The Kier molecular flexibility index (Phi) is 9.32. The van der Waals surface area contributed by atoms with Crippen molar-refractivity contribution in [1.29, 1.82) is 0 Å². The van der Waals surface area contributed by atoms with E-state index in [1.165, 1.54) is 0 Å². The van der Waals surface area contributed by atoms with E-state index >= 15 is 0 Å². The minimum Gasteiger partial charge on any atom is -0.463 e. The van der Waals surface area contributed by atoms with Crippen LogP contribution in [0.1, 0.15) is 6.42 Å². The van der Waals surface area contributed by atoms with E-state index in [9.17, 15) is 4.79 Å². The number of hydrogen-bond donors (Lipinski definition) is 2. The van der Waals surface area contributed by atoms with Gasteiger partial charge < -0.3 is 9.47 Å². The number of ether oxygens (including phenoxy) is 2. The number of hydrogen-bond acceptors (Lipinski definition) is 5. The summed E-state index contributed by atoms with van der Waals surface area (Å²) < 4.78 is 9.83. The van der Waals surface area contributed by atoms with E-state index in [0.29, 0.717) is 37.7 Å². The summed E-state index contributed by atoms with van der Waals surface area (Å²) in [5.41, 5.74) is 0. The molecule has 5 heteroatoms. The predicted molar refractivity (Wildman–Crippen MR) is 54.1 cm³/mol. The third kappa shape index (κ3) is 8.23. The average Bonchev–Trinajstić information content (AvgIpc) is 2.05. The number of carbonyl (C=O) groups is 1. The van der Waals surface area contributed by atoms with Crippen LogP contribution in [0.4, 0.5) is 0 Å². The SMILES string of the molecule is O=C(CCS)OCCOCCS. The molecule has 0 atom stereocenters. The summed E-state index contributed by atoms with van der Waals surface area (Å²) >= 11 is 7.85. The topological polar surface area (TPSA) is 35.5 Å². The quantitative estimate of drug-likeness (QED) is 0.370. The van der Waals surface area contributed by atoms with Crippen molar-refractivity contribution in [1.82, 2.24) is 0 Å². The van der Waals surface area contributed by atoms with Crippen LogP contribution in [-0.4, -0.2) is 37.3 Å². The molecule has 0 aromatic rings. The van der Waals surface area contributed by atoms with E-state index < -0.39 is 0 Å². The van der Waals surface area contributed by atoms with Crippen LogP contribution in [0.5, 0.6) is 0 Å². The summed E-state index contributed by atoms with van der Waals surface area (Å²) in [6, 6.07) is 0. The molecule has 0 aromatic heterocycles. The Morgan fingerprint density at radius 3 is 2.42 bits per heavy atom. The van der Waals surface area contributed by atoms with E-state index in [1.54, 1.807) is 0 Å². The molecule has 0 bridgehead atoms. The molecule has 0 radical (unpaired) electrons. The zero-order valence-corrected chi connectivity index (χ0v) is 8.65. The summed E-state index contributed by atoms with van der Waals surface area (Å²) in [6.07, 6.45) is 0.357. The second kappa shape index (κ2) is 9.22. The Bertz CT molecular complexity index is 119. The molecule has 0 spiro atoms. The largest absolute Gasteiger partial charge is 0.463 e. The Morgan fingerprint density at radius 2 is 1.83 bits per heavy atom. The first-order chi connectivity index (χ1) is 5.81. The molecule has 0 unspecified atom stereocenters. The average molecular weight is 210 g/mol. The maximum atomic E-state index is 10.7. The van der Waals surface area contributed by atoms with Crippen molar-refractivity contribution < 1.29 is 14.3 Å². The molecule has 0 aliphatic heterocycles. The molecule has 0 aliphatic carbocycles. The van der Waals surface area contributed by atoms with Crippen molar-refractivity contribution in [3.8, 4) is 0 Å². The lowest BCUT2D eigenvalue weighted by Crippen LogP contribution is -2.11. The lowest BCUT2D eigenvalue weighted by molar-refractivity contribution is -0.144. The van der Waals surface area contributed by atoms with Crippen molar-refractivity contribution >= 4 is 31.2 Å². The molecular formula is C7H14O3S2. The molecule has 0 amide bonds. The number of thiol groups is 2. The minimum absolute atomic E-state index is 0.223. The highest BCUT2D eigenvalue weighted by Crippen LogP contribution is 1.89. The van der Waals surface area contributed by atoms with Gasteiger partial charge in [-0.15, -0.1) is 0 Å². The Labute approximate surface area is 83.6 Å². The fraction of sp³-hybridized carbons (Fsp3) is 0.857. The van der Waals surface area contributed by atoms with Crippen LogP contribution in [0.3, 0.4) is 0 Å². The van der Waals surface area contributed by atoms with Crippen LogP contribution in [0.25, 0.3) is 0 Å². The van der Waals surface area contributed by atoms with E-state index in [4.69, 9.17) is 9.47 Å². The lowest BCUT2D eigenvalue weighted by Gasteiger charge is -2.03. The predicted octanol–water partition coefficient (Wildman–Crippen LogP) is 0.796. The van der Waals surface area contributed by atoms with Gasteiger partial charge in [0.15, 0.2) is 0 Å². The zero-order valence-electron chi connectivity index (χ0n) is 6.86. The first-order valence-corrected chi connectivity index (χ1v) is 5.03. The van der Waals surface area contributed by atoms with Gasteiger partial charge in [0.25, 0.3) is 0 Å². The highest BCUT2D eigenvalue weighted by molar-refractivity contribution is 7.80. The summed E-state index contributed by atoms with van der Waals surface area (Å²) in [5, 5.41) is 0. The van der Waals surface area contributed by atoms with Crippen LogP contribution in [0.15, 0.2) is 0 Å². The highest BCUT2D eigenvalue weighted by Gasteiger charge is 1.99. The van der Waals surface area contributed by atoms with Gasteiger partial charge in [-0.3, -0.25) is 4.79 Å². The van der Waals surface area contributed by atoms with Crippen LogP contribution >= 0.6 is 25.3 Å². The number of carbonyl (C=O) groups excluding carboxylic acids is 1. The molecule has 3 nitrogen and oxygen atoms in total. The molecule has 0 aliphatic rings. The van der Waals surface area contributed by atoms with Gasteiger partial charge in [0.05, 0.1) is 19.6 Å². The van der Waals surface area contributed by atoms with Crippen LogP contribution in [0, 0.1) is 0 Å². The third-order valence-electron chi connectivity index (χ3n) is 1.04. The molecule has 0 aromatic carbocycles. The van der Waals surface area contributed by atoms with Gasteiger partial charge in [-0.05, 0) is 0 Å². The molecule has 12 heavy (non-hydrogen) atoms. The summed E-state index contributed by atoms with van der Waals surface area (Å²) in [7, 11) is 0. The molecule has 0 saturated carbocycles. The van der Waals surface area contributed by atoms with Crippen LogP contribution < -0.4 is 0 Å². The van der Waals surface area contributed by atoms with E-state index in [-0.39, 0.29) is 5.97 Å². The second-order valence-corrected chi connectivity index (χ2v) is 2.92. The fourth-order valence-corrected chi connectivity index (χ4v) is 0.856. The highest BCUT2D eigenvalue weighted by atomic mass is 32.1. The van der Waals surface area contributed by atoms with Crippen molar-refractivity contribution in [2.24, 2.45) is 0 Å². The molecule has 0 N–H and O–H groups in total. The monoisotopic (exact) mass is 210 g/mol. The van der Waals surface area contributed by atoms with Gasteiger partial charge in [0, 0.05) is 11.5 Å². The van der Waals surface area contributed by atoms with Gasteiger partial charge >= 0.3 is 5.97 Å². The van der Waals surface area contributed by atoms with Crippen molar-refractivity contribution in [2.75, 3.05) is 31.3 Å². The van der Waals surface area contributed by atoms with Crippen molar-refractivity contribution in [2.45, 2.75) is 6.42 Å². The van der Waals surface area contributed by atoms with Crippen molar-refractivity contribution in [3.05, 3.63) is 0 Å². The van der Waals surface area contributed by atoms with Gasteiger partial charge in [0.1, 0.15) is 6.61 Å². The Morgan fingerprint density at radius 1 is 1.08 bits per heavy atom. The van der Waals surface area contributed by atoms with Gasteiger partial charge in [-0.1, -0.05) is 0 Å². The normalized spacial score (nSPS) is 9.83. The van der Waals surface area contributed by atoms with Gasteiger partial charge in [-0.2, -0.15) is 25.3 Å². The van der Waals surface area contributed by atoms with E-state index in [0.717, 1.165) is 0 Å². The van der Waals surface area contributed by atoms with Crippen molar-refractivity contribution in [3.63, 3.8) is 0 Å². The van der Waals surface area contributed by atoms with E-state index in [2.05, 4.69) is 25.3 Å². The molecule has 0 heterocycles. The van der Waals surface area contributed by atoms with Crippen LogP contribution in [-0.2, 0) is 14.3 Å². The van der Waals surface area contributed by atoms with Gasteiger partial charge in [0.2, 0.25) is 0 Å². The summed E-state index contributed by atoms with van der Waals surface area (Å²) in [4.78, 5) is 10.7. The maximum absolute atomic E-state index is 10.7. The summed E-state index contributed by atoms with van der Waals surface area (Å²) in [6.45, 7) is 1.35. The molecule has 0 rings (SSSR count). The third-order valence-corrected chi connectivity index (χ3v) is 1.45. The Balaban J connectivity index is 3.03. The lowest BCUT2D eigenvalue weighted by atomic mass is 10.5. The zero-order chi connectivity index (χ0) is 9.23. The second-order valence-electron chi connectivity index (χ2n) is 2.03. The molecule has 0 fully saturated rings. The van der Waals surface area contributed by atoms with Crippen LogP contribution in [0.2, 0.25) is 0 Å². The fourth-order valence-electron chi connectivity index (χ4n) is 0.544. The first kappa shape index (κ1) is 12.1. The van der Waals surface area contributed by atoms with Gasteiger partial charge in [-0.25, -0.2) is 0 Å². The Hall–Kier alpha value is 0.130. The standard InChI is InChI=1S/C7H14O3S2/c8-7(1-5-11)10-3-2-9-4-6-12/h11-12H,1-6H2. The summed E-state index contributed by atoms with van der Waals surface area (Å²) in [5.74, 6) is 0.987. The molecular weight excluding hydrogens is 196 g/mol. The number of esters is 1. The number of rotatable bonds is 7. The smallest absolute Gasteiger partial charge is 0.306 e. The molecule has 72 valence electrons. The van der Waals surface area contributed by atoms with E-state index in [1.807, 2.05) is 0 Å². The minimum atomic E-state index is -0.223.